The van der Waals surface area contributed by atoms with Gasteiger partial charge in [0.05, 0.1) is 5.56 Å². The molecule has 1 aromatic rings. The van der Waals surface area contributed by atoms with Gasteiger partial charge in [0.25, 0.3) is 0 Å². The molecule has 5 nitrogen and oxygen atoms in total. The molecule has 1 rings (SSSR count). The zero-order chi connectivity index (χ0) is 10.6. The molecule has 0 radical (unpaired) electrons. The third-order valence-corrected chi connectivity index (χ3v) is 1.64. The van der Waals surface area contributed by atoms with Crippen molar-refractivity contribution in [3.63, 3.8) is 0 Å². The first-order chi connectivity index (χ1) is 6.70. The first-order valence-corrected chi connectivity index (χ1v) is 3.93. The first-order valence-electron chi connectivity index (χ1n) is 3.31. The third-order valence-electron chi connectivity index (χ3n) is 1.36. The molecule has 0 amide bonds. The maximum absolute atomic E-state index is 11.0. The van der Waals surface area contributed by atoms with Gasteiger partial charge in [0, 0.05) is 6.20 Å². The number of hydrogen-bond donors (Lipinski definition) is 0. The van der Waals surface area contributed by atoms with E-state index >= 15 is 0 Å². The zero-order valence-electron chi connectivity index (χ0n) is 6.57. The van der Waals surface area contributed by atoms with Crippen molar-refractivity contribution in [2.45, 2.75) is 0 Å². The Morgan fingerprint density at radius 3 is 2.33 bits per heavy atom. The molecule has 0 spiro atoms. The first kappa shape index (κ1) is 14.7. The molecule has 0 bridgehead atoms. The number of pyridine rings is 1. The van der Waals surface area contributed by atoms with E-state index in [-0.39, 0.29) is 40.8 Å². The molecule has 0 unspecified atom stereocenters. The summed E-state index contributed by atoms with van der Waals surface area (Å²) in [6.45, 7) is 0. The summed E-state index contributed by atoms with van der Waals surface area (Å²) in [5, 5.41) is 0. The maximum atomic E-state index is 11.0. The quantitative estimate of drug-likeness (QED) is 0.743. The molecule has 0 aromatic carbocycles. The van der Waals surface area contributed by atoms with Crippen LogP contribution in [0.4, 0.5) is 0 Å². The minimum absolute atomic E-state index is 0. The fourth-order valence-electron chi connectivity index (χ4n) is 0.811. The van der Waals surface area contributed by atoms with Gasteiger partial charge in [0.15, 0.2) is 5.69 Å². The Hall–Kier alpha value is -0.330. The van der Waals surface area contributed by atoms with Gasteiger partial charge in [-0.05, 0) is 12.1 Å². The number of hydrogen-bond acceptors (Lipinski definition) is 5. The summed E-state index contributed by atoms with van der Waals surface area (Å²) < 4.78 is 7.81. The van der Waals surface area contributed by atoms with Crippen LogP contribution in [0.1, 0.15) is 20.8 Å². The van der Waals surface area contributed by atoms with Gasteiger partial charge in [0.2, 0.25) is 0 Å². The minimum atomic E-state index is -0.954. The molecule has 8 heteroatoms. The molecule has 0 N–H and O–H groups in total. The molecule has 0 saturated heterocycles. The predicted molar refractivity (Wildman–Crippen MR) is 53.9 cm³/mol. The van der Waals surface area contributed by atoms with E-state index in [1.807, 2.05) is 0 Å². The molecule has 0 aliphatic heterocycles. The molecule has 0 atom stereocenters. The van der Waals surface area contributed by atoms with Gasteiger partial charge >= 0.3 is 41.5 Å². The molecule has 15 heavy (non-hydrogen) atoms. The summed E-state index contributed by atoms with van der Waals surface area (Å²) in [7, 11) is 0. The summed E-state index contributed by atoms with van der Waals surface area (Å²) >= 11 is 9.68. The number of halogens is 2. The van der Waals surface area contributed by atoms with Crippen LogP contribution in [0.15, 0.2) is 18.3 Å². The number of rotatable bonds is 2. The van der Waals surface area contributed by atoms with E-state index in [0.29, 0.717) is 0 Å². The molecular weight excluding hydrogens is 256 g/mol. The van der Waals surface area contributed by atoms with Gasteiger partial charge in [-0.1, -0.05) is 0 Å². The number of aromatic nitrogens is 1. The predicted octanol–water partition coefficient (Wildman–Crippen LogP) is 1.05. The van der Waals surface area contributed by atoms with Gasteiger partial charge in [0.1, 0.15) is 23.7 Å². The Labute approximate surface area is 117 Å². The summed E-state index contributed by atoms with van der Waals surface area (Å²) in [5.74, 6) is -1.86. The van der Waals surface area contributed by atoms with Crippen molar-refractivity contribution in [2.75, 3.05) is 0 Å². The van der Waals surface area contributed by atoms with E-state index in [9.17, 15) is 9.59 Å². The molecule has 0 fully saturated rings. The molecule has 76 valence electrons. The van der Waals surface area contributed by atoms with Crippen LogP contribution in [0.3, 0.4) is 0 Å². The molecular formula is C7H4Cl2NNaO4. The summed E-state index contributed by atoms with van der Waals surface area (Å²) in [4.78, 5) is 25.6. The fraction of sp³-hybridized carbons (Fsp3) is 0. The fourth-order valence-corrected chi connectivity index (χ4v) is 0.967. The van der Waals surface area contributed by atoms with Gasteiger partial charge < -0.3 is 8.58 Å². The number of nitrogens with zero attached hydrogens (tertiary/aromatic N) is 1. The van der Waals surface area contributed by atoms with Crippen molar-refractivity contribution < 1.29 is 18.2 Å². The number of carbonyl (C=O) groups excluding carboxylic acids is 2. The molecule has 1 heterocycles. The topological polar surface area (TPSA) is 65.5 Å². The van der Waals surface area contributed by atoms with E-state index in [2.05, 4.69) is 13.6 Å². The van der Waals surface area contributed by atoms with Crippen LogP contribution in [0.5, 0.6) is 0 Å². The van der Waals surface area contributed by atoms with Crippen LogP contribution in [0.2, 0.25) is 0 Å². The monoisotopic (exact) mass is 259 g/mol. The van der Waals surface area contributed by atoms with Gasteiger partial charge in [-0.3, -0.25) is 0 Å². The average molecular weight is 260 g/mol. The second-order valence-electron chi connectivity index (χ2n) is 2.13. The SMILES string of the molecule is O=C(OCl)c1cccnc1C(=O)OCl.[NaH]. The van der Waals surface area contributed by atoms with Crippen molar-refractivity contribution in [1.29, 1.82) is 0 Å². The third kappa shape index (κ3) is 3.62. The van der Waals surface area contributed by atoms with Crippen LogP contribution < -0.4 is 0 Å². The molecule has 0 aliphatic rings. The van der Waals surface area contributed by atoms with Crippen molar-refractivity contribution >= 4 is 65.2 Å². The Bertz CT molecular complexity index is 339. The van der Waals surface area contributed by atoms with Gasteiger partial charge in [-0.25, -0.2) is 14.6 Å². The summed E-state index contributed by atoms with van der Waals surface area (Å²) in [5.41, 5.74) is -0.374. The standard InChI is InChI=1S/C7H3Cl2NO4.Na.H/c8-13-6(11)4-2-1-3-10-5(4)7(12)14-9;;/h1-3H;;. The molecule has 1 aromatic heterocycles. The molecule has 0 aliphatic carbocycles. The molecule has 0 saturated carbocycles. The Kier molecular flexibility index (Phi) is 6.87. The Morgan fingerprint density at radius 2 is 1.80 bits per heavy atom. The van der Waals surface area contributed by atoms with Crippen molar-refractivity contribution in [2.24, 2.45) is 0 Å². The Morgan fingerprint density at radius 1 is 1.20 bits per heavy atom. The van der Waals surface area contributed by atoms with Crippen molar-refractivity contribution in [3.05, 3.63) is 29.6 Å². The zero-order valence-corrected chi connectivity index (χ0v) is 8.08. The van der Waals surface area contributed by atoms with Crippen LogP contribution in [0.25, 0.3) is 0 Å². The van der Waals surface area contributed by atoms with Crippen LogP contribution in [-0.4, -0.2) is 46.5 Å². The van der Waals surface area contributed by atoms with Gasteiger partial charge in [-0.15, -0.1) is 0 Å². The average Bonchev–Trinajstić information content (AvgIpc) is 2.27. The van der Waals surface area contributed by atoms with Gasteiger partial charge in [-0.2, -0.15) is 0 Å². The van der Waals surface area contributed by atoms with Crippen molar-refractivity contribution in [3.8, 4) is 0 Å². The summed E-state index contributed by atoms with van der Waals surface area (Å²) in [6.07, 6.45) is 1.30. The van der Waals surface area contributed by atoms with Crippen molar-refractivity contribution in [1.82, 2.24) is 4.98 Å². The van der Waals surface area contributed by atoms with E-state index in [1.54, 1.807) is 0 Å². The Balaban J connectivity index is 0.00000196. The van der Waals surface area contributed by atoms with Crippen LogP contribution in [-0.2, 0) is 8.58 Å². The normalized spacial score (nSPS) is 8.67. The van der Waals surface area contributed by atoms with Crippen LogP contribution in [0, 0.1) is 0 Å². The van der Waals surface area contributed by atoms with Crippen LogP contribution >= 0.6 is 23.7 Å². The number of carbonyl (C=O) groups is 2. The summed E-state index contributed by atoms with van der Waals surface area (Å²) in [6, 6.07) is 2.75. The van der Waals surface area contributed by atoms with E-state index in [1.165, 1.54) is 18.3 Å². The second kappa shape index (κ2) is 7.03. The van der Waals surface area contributed by atoms with E-state index < -0.39 is 11.9 Å². The second-order valence-corrected chi connectivity index (χ2v) is 2.44. The van der Waals surface area contributed by atoms with E-state index in [4.69, 9.17) is 23.7 Å². The van der Waals surface area contributed by atoms with E-state index in [0.717, 1.165) is 0 Å².